The van der Waals surface area contributed by atoms with Crippen molar-refractivity contribution in [1.29, 1.82) is 0 Å². The molecule has 1 aliphatic heterocycles. The van der Waals surface area contributed by atoms with Crippen molar-refractivity contribution in [3.63, 3.8) is 0 Å². The van der Waals surface area contributed by atoms with Crippen LogP contribution in [0, 0.1) is 5.82 Å². The van der Waals surface area contributed by atoms with Crippen LogP contribution in [0.15, 0.2) is 42.5 Å². The highest BCUT2D eigenvalue weighted by atomic mass is 19.4. The number of hydrogen-bond acceptors (Lipinski definition) is 5. The Balaban J connectivity index is 1.54. The quantitative estimate of drug-likeness (QED) is 0.494. The molecule has 9 nitrogen and oxygen atoms in total. The van der Waals surface area contributed by atoms with E-state index in [4.69, 9.17) is 5.73 Å². The van der Waals surface area contributed by atoms with Crippen molar-refractivity contribution in [2.45, 2.75) is 31.5 Å². The van der Waals surface area contributed by atoms with Gasteiger partial charge in [0, 0.05) is 11.8 Å². The maximum absolute atomic E-state index is 14.4. The number of nitrogens with two attached hydrogens (primary N) is 1. The molecule has 1 aliphatic rings. The number of para-hydroxylation sites is 1. The fourth-order valence-electron chi connectivity index (χ4n) is 3.98. The highest BCUT2D eigenvalue weighted by Gasteiger charge is 2.40. The van der Waals surface area contributed by atoms with Crippen molar-refractivity contribution in [2.24, 2.45) is 5.73 Å². The Bertz CT molecular complexity index is 1340. The second-order valence-corrected chi connectivity index (χ2v) is 7.94. The maximum atomic E-state index is 14.4. The molecule has 0 bridgehead atoms. The number of carbonyl (C=O) groups is 3. The zero-order chi connectivity index (χ0) is 26.2. The Hall–Kier alpha value is -4.23. The van der Waals surface area contributed by atoms with Crippen LogP contribution in [0.25, 0.3) is 10.9 Å². The van der Waals surface area contributed by atoms with E-state index in [9.17, 15) is 36.3 Å². The standard InChI is InChI=1S/C22H18F5N5O4/c23-11-8-15(21(35)29-13-5-3-7-16(18(13)24)36-22(25,26)27)31(9-11)17(33)10-32-14-6-2-1-4-12(14)19(30-32)20(28)34/h1-7,11,15H,8-10H2,(H2,28,34)(H,29,35)/t11-,15+/m1/s1. The van der Waals surface area contributed by atoms with Gasteiger partial charge in [0.1, 0.15) is 18.8 Å². The third-order valence-corrected chi connectivity index (χ3v) is 5.50. The van der Waals surface area contributed by atoms with Gasteiger partial charge in [0.05, 0.1) is 17.7 Å². The molecule has 3 amide bonds. The highest BCUT2D eigenvalue weighted by Crippen LogP contribution is 2.30. The molecule has 1 fully saturated rings. The van der Waals surface area contributed by atoms with E-state index in [0.717, 1.165) is 23.1 Å². The number of fused-ring (bicyclic) bond motifs is 1. The smallest absolute Gasteiger partial charge is 0.403 e. The van der Waals surface area contributed by atoms with Gasteiger partial charge in [-0.2, -0.15) is 5.10 Å². The number of carbonyl (C=O) groups excluding carboxylic acids is 3. The third kappa shape index (κ3) is 5.06. The van der Waals surface area contributed by atoms with E-state index < -0.39 is 73.1 Å². The van der Waals surface area contributed by atoms with Crippen molar-refractivity contribution in [2.75, 3.05) is 11.9 Å². The van der Waals surface area contributed by atoms with Crippen LogP contribution in [-0.2, 0) is 16.1 Å². The molecule has 3 aromatic rings. The number of hydrogen-bond donors (Lipinski definition) is 2. The van der Waals surface area contributed by atoms with Gasteiger partial charge >= 0.3 is 6.36 Å². The average molecular weight is 511 g/mol. The number of amides is 3. The summed E-state index contributed by atoms with van der Waals surface area (Å²) >= 11 is 0. The van der Waals surface area contributed by atoms with Crippen LogP contribution in [0.3, 0.4) is 0 Å². The van der Waals surface area contributed by atoms with Crippen LogP contribution in [0.4, 0.5) is 27.6 Å². The molecule has 0 spiro atoms. The molecular weight excluding hydrogens is 493 g/mol. The van der Waals surface area contributed by atoms with Crippen LogP contribution < -0.4 is 15.8 Å². The zero-order valence-electron chi connectivity index (χ0n) is 18.3. The van der Waals surface area contributed by atoms with Crippen LogP contribution in [0.5, 0.6) is 5.75 Å². The minimum absolute atomic E-state index is 0.0751. The number of benzene rings is 2. The molecule has 1 aromatic heterocycles. The van der Waals surface area contributed by atoms with Crippen LogP contribution in [0.2, 0.25) is 0 Å². The number of alkyl halides is 4. The Morgan fingerprint density at radius 1 is 1.14 bits per heavy atom. The minimum atomic E-state index is -5.16. The molecule has 4 rings (SSSR count). The molecule has 14 heteroatoms. The van der Waals surface area contributed by atoms with E-state index in [-0.39, 0.29) is 5.69 Å². The Morgan fingerprint density at radius 2 is 1.86 bits per heavy atom. The Labute approximate surface area is 199 Å². The van der Waals surface area contributed by atoms with Gasteiger partial charge in [0.15, 0.2) is 17.3 Å². The SMILES string of the molecule is NC(=O)c1nn(CC(=O)N2C[C@H](F)C[C@H]2C(=O)Nc2cccc(OC(F)(F)F)c2F)c2ccccc12. The molecule has 0 radical (unpaired) electrons. The molecule has 0 unspecified atom stereocenters. The highest BCUT2D eigenvalue weighted by molar-refractivity contribution is 6.04. The minimum Gasteiger partial charge on any atom is -0.403 e. The Kier molecular flexibility index (Phi) is 6.52. The van der Waals surface area contributed by atoms with Gasteiger partial charge < -0.3 is 20.7 Å². The largest absolute Gasteiger partial charge is 0.573 e. The van der Waals surface area contributed by atoms with Crippen LogP contribution >= 0.6 is 0 Å². The summed E-state index contributed by atoms with van der Waals surface area (Å²) in [6, 6.07) is 7.81. The van der Waals surface area contributed by atoms with Gasteiger partial charge in [-0.3, -0.25) is 19.1 Å². The van der Waals surface area contributed by atoms with Gasteiger partial charge in [-0.05, 0) is 18.2 Å². The lowest BCUT2D eigenvalue weighted by Gasteiger charge is -2.24. The first-order valence-corrected chi connectivity index (χ1v) is 10.5. The third-order valence-electron chi connectivity index (χ3n) is 5.50. The summed E-state index contributed by atoms with van der Waals surface area (Å²) in [5.41, 5.74) is 5.03. The lowest BCUT2D eigenvalue weighted by Crippen LogP contribution is -2.44. The molecular formula is C22H18F5N5O4. The van der Waals surface area contributed by atoms with E-state index in [2.05, 4.69) is 15.2 Å². The van der Waals surface area contributed by atoms with E-state index in [1.54, 1.807) is 24.3 Å². The van der Waals surface area contributed by atoms with Crippen molar-refractivity contribution >= 4 is 34.3 Å². The first-order chi connectivity index (χ1) is 16.9. The number of nitrogens with zero attached hydrogens (tertiary/aromatic N) is 3. The van der Waals surface area contributed by atoms with Crippen LogP contribution in [-0.4, -0.2) is 57.5 Å². The van der Waals surface area contributed by atoms with Crippen LogP contribution in [0.1, 0.15) is 16.9 Å². The van der Waals surface area contributed by atoms with Gasteiger partial charge in [-0.25, -0.2) is 8.78 Å². The van der Waals surface area contributed by atoms with Gasteiger partial charge in [0.2, 0.25) is 11.8 Å². The van der Waals surface area contributed by atoms with Gasteiger partial charge in [-0.1, -0.05) is 24.3 Å². The molecule has 2 aromatic carbocycles. The predicted octanol–water partition coefficient (Wildman–Crippen LogP) is 2.75. The summed E-state index contributed by atoms with van der Waals surface area (Å²) in [7, 11) is 0. The fraction of sp³-hybridized carbons (Fsp3) is 0.273. The van der Waals surface area contributed by atoms with Crippen molar-refractivity contribution in [1.82, 2.24) is 14.7 Å². The summed E-state index contributed by atoms with van der Waals surface area (Å²) in [6.07, 6.45) is -7.15. The van der Waals surface area contributed by atoms with E-state index in [1.807, 2.05) is 0 Å². The second-order valence-electron chi connectivity index (χ2n) is 7.94. The number of aromatic nitrogens is 2. The summed E-state index contributed by atoms with van der Waals surface area (Å²) in [5, 5.41) is 6.54. The monoisotopic (exact) mass is 511 g/mol. The van der Waals surface area contributed by atoms with Crippen molar-refractivity contribution in [3.05, 3.63) is 54.0 Å². The maximum Gasteiger partial charge on any atom is 0.573 e. The number of rotatable bonds is 6. The Morgan fingerprint density at radius 3 is 2.56 bits per heavy atom. The average Bonchev–Trinajstić information content (AvgIpc) is 3.37. The fourth-order valence-corrected chi connectivity index (χ4v) is 3.98. The van der Waals surface area contributed by atoms with E-state index >= 15 is 0 Å². The molecule has 2 heterocycles. The number of anilines is 1. The van der Waals surface area contributed by atoms with E-state index in [1.165, 1.54) is 4.68 Å². The molecule has 2 atom stereocenters. The molecule has 190 valence electrons. The molecule has 1 saturated heterocycles. The number of nitrogens with one attached hydrogen (secondary N) is 1. The molecule has 0 saturated carbocycles. The summed E-state index contributed by atoms with van der Waals surface area (Å²) in [4.78, 5) is 38.4. The number of ether oxygens (including phenoxy) is 1. The van der Waals surface area contributed by atoms with E-state index in [0.29, 0.717) is 10.9 Å². The second kappa shape index (κ2) is 9.43. The normalized spacial score (nSPS) is 17.9. The van der Waals surface area contributed by atoms with Crippen molar-refractivity contribution < 1.29 is 41.1 Å². The predicted molar refractivity (Wildman–Crippen MR) is 115 cm³/mol. The summed E-state index contributed by atoms with van der Waals surface area (Å²) < 4.78 is 70.9. The first kappa shape index (κ1) is 24.9. The number of likely N-dealkylation sites (tertiary alicyclic amines) is 1. The van der Waals surface area contributed by atoms with Crippen molar-refractivity contribution in [3.8, 4) is 5.75 Å². The molecule has 3 N–H and O–H groups in total. The molecule has 36 heavy (non-hydrogen) atoms. The zero-order valence-corrected chi connectivity index (χ0v) is 18.3. The summed E-state index contributed by atoms with van der Waals surface area (Å²) in [5.74, 6) is -5.21. The van der Waals surface area contributed by atoms with Gasteiger partial charge in [0.25, 0.3) is 5.91 Å². The molecule has 0 aliphatic carbocycles. The number of halogens is 5. The lowest BCUT2D eigenvalue weighted by atomic mass is 10.2. The van der Waals surface area contributed by atoms with Gasteiger partial charge in [-0.15, -0.1) is 13.2 Å². The first-order valence-electron chi connectivity index (χ1n) is 10.5. The lowest BCUT2D eigenvalue weighted by molar-refractivity contribution is -0.275. The number of primary amides is 1. The topological polar surface area (TPSA) is 120 Å². The summed E-state index contributed by atoms with van der Waals surface area (Å²) in [6.45, 7) is -0.911.